The number of fused-ring (bicyclic) bond motifs is 1. The molecule has 148 valence electrons. The molecule has 6 nitrogen and oxygen atoms in total. The fraction of sp³-hybridized carbons (Fsp3) is 0.261. The van der Waals surface area contributed by atoms with Gasteiger partial charge in [-0.2, -0.15) is 5.10 Å². The summed E-state index contributed by atoms with van der Waals surface area (Å²) in [5.41, 5.74) is 5.08. The van der Waals surface area contributed by atoms with Crippen LogP contribution in [0, 0.1) is 13.8 Å². The van der Waals surface area contributed by atoms with E-state index < -0.39 is 6.04 Å². The summed E-state index contributed by atoms with van der Waals surface area (Å²) >= 11 is 0. The van der Waals surface area contributed by atoms with Gasteiger partial charge in [0.05, 0.1) is 12.1 Å². The van der Waals surface area contributed by atoms with E-state index in [9.17, 15) is 9.59 Å². The van der Waals surface area contributed by atoms with Crippen LogP contribution in [0.4, 0.5) is 5.82 Å². The number of carbonyl (C=O) groups is 2. The molecule has 0 saturated heterocycles. The monoisotopic (exact) mass is 388 g/mol. The van der Waals surface area contributed by atoms with Gasteiger partial charge in [-0.15, -0.1) is 0 Å². The molecule has 2 N–H and O–H groups in total. The first-order valence-electron chi connectivity index (χ1n) is 9.80. The number of nitrogens with zero attached hydrogens (tertiary/aromatic N) is 2. The summed E-state index contributed by atoms with van der Waals surface area (Å²) in [6.45, 7) is 4.49. The molecule has 0 saturated carbocycles. The second kappa shape index (κ2) is 7.91. The molecular weight excluding hydrogens is 364 g/mol. The Bertz CT molecular complexity index is 1040. The number of benzene rings is 2. The highest BCUT2D eigenvalue weighted by Gasteiger charge is 2.36. The summed E-state index contributed by atoms with van der Waals surface area (Å²) in [6.07, 6.45) is 0.829. The van der Waals surface area contributed by atoms with Crippen LogP contribution in [0.1, 0.15) is 29.3 Å². The molecule has 0 aliphatic carbocycles. The number of hydrogen-bond acceptors (Lipinski definition) is 3. The van der Waals surface area contributed by atoms with E-state index in [4.69, 9.17) is 0 Å². The van der Waals surface area contributed by atoms with Crippen molar-refractivity contribution in [2.45, 2.75) is 32.7 Å². The molecule has 2 amide bonds. The maximum absolute atomic E-state index is 12.5. The second-order valence-electron chi connectivity index (χ2n) is 7.41. The minimum atomic E-state index is -0.625. The van der Waals surface area contributed by atoms with Crippen molar-refractivity contribution in [2.75, 3.05) is 11.9 Å². The number of aromatic nitrogens is 2. The summed E-state index contributed by atoms with van der Waals surface area (Å²) in [4.78, 5) is 24.9. The van der Waals surface area contributed by atoms with Gasteiger partial charge in [0.2, 0.25) is 5.91 Å². The lowest BCUT2D eigenvalue weighted by molar-refractivity contribution is -0.126. The molecule has 29 heavy (non-hydrogen) atoms. The van der Waals surface area contributed by atoms with Crippen molar-refractivity contribution in [3.63, 3.8) is 0 Å². The van der Waals surface area contributed by atoms with E-state index in [0.717, 1.165) is 23.2 Å². The largest absolute Gasteiger partial charge is 0.356 e. The van der Waals surface area contributed by atoms with Gasteiger partial charge in [-0.1, -0.05) is 60.2 Å². The molecular formula is C23H24N4O2. The molecule has 0 radical (unpaired) electrons. The zero-order valence-electron chi connectivity index (χ0n) is 16.6. The Kier molecular flexibility index (Phi) is 5.16. The first-order valence-corrected chi connectivity index (χ1v) is 9.80. The van der Waals surface area contributed by atoms with Crippen LogP contribution in [-0.4, -0.2) is 28.1 Å². The fourth-order valence-electron chi connectivity index (χ4n) is 3.69. The molecule has 1 aromatic heterocycles. The molecule has 0 fully saturated rings. The highest BCUT2D eigenvalue weighted by molar-refractivity contribution is 6.03. The third-order valence-electron chi connectivity index (χ3n) is 5.22. The Balaban J connectivity index is 1.45. The van der Waals surface area contributed by atoms with E-state index in [2.05, 4.69) is 15.7 Å². The molecule has 2 aromatic carbocycles. The first kappa shape index (κ1) is 18.9. The van der Waals surface area contributed by atoms with Crippen molar-refractivity contribution in [2.24, 2.45) is 0 Å². The zero-order valence-corrected chi connectivity index (χ0v) is 16.6. The second-order valence-corrected chi connectivity index (χ2v) is 7.41. The van der Waals surface area contributed by atoms with E-state index in [1.807, 2.05) is 68.4 Å². The van der Waals surface area contributed by atoms with Crippen LogP contribution < -0.4 is 10.6 Å². The van der Waals surface area contributed by atoms with Crippen LogP contribution in [0.25, 0.3) is 11.1 Å². The van der Waals surface area contributed by atoms with Crippen LogP contribution in [-0.2, 0) is 16.0 Å². The first-order chi connectivity index (χ1) is 14.0. The van der Waals surface area contributed by atoms with Crippen molar-refractivity contribution in [1.29, 1.82) is 0 Å². The number of rotatable bonds is 6. The molecule has 4 rings (SSSR count). The van der Waals surface area contributed by atoms with Crippen LogP contribution in [0.5, 0.6) is 0 Å². The van der Waals surface area contributed by atoms with E-state index in [1.54, 1.807) is 4.68 Å². The van der Waals surface area contributed by atoms with Gasteiger partial charge in [0.1, 0.15) is 11.9 Å². The summed E-state index contributed by atoms with van der Waals surface area (Å²) < 4.78 is 1.66. The molecule has 1 atom stereocenters. The van der Waals surface area contributed by atoms with Crippen molar-refractivity contribution in [3.05, 3.63) is 71.4 Å². The topological polar surface area (TPSA) is 76.0 Å². The van der Waals surface area contributed by atoms with Crippen LogP contribution in [0.3, 0.4) is 0 Å². The number of anilines is 1. The summed E-state index contributed by atoms with van der Waals surface area (Å²) in [5.74, 6) is 0.316. The Morgan fingerprint density at radius 1 is 1.10 bits per heavy atom. The van der Waals surface area contributed by atoms with Gasteiger partial charge in [-0.05, 0) is 31.4 Å². The lowest BCUT2D eigenvalue weighted by atomic mass is 10.0. The van der Waals surface area contributed by atoms with E-state index >= 15 is 0 Å². The van der Waals surface area contributed by atoms with Gasteiger partial charge in [0, 0.05) is 12.1 Å². The van der Waals surface area contributed by atoms with Crippen LogP contribution in [0.2, 0.25) is 0 Å². The van der Waals surface area contributed by atoms with Gasteiger partial charge in [0.25, 0.3) is 5.91 Å². The smallest absolute Gasteiger partial charge is 0.251 e. The molecule has 0 bridgehead atoms. The van der Waals surface area contributed by atoms with Gasteiger partial charge in [-0.25, -0.2) is 4.68 Å². The third kappa shape index (κ3) is 3.92. The maximum atomic E-state index is 12.5. The lowest BCUT2D eigenvalue weighted by Crippen LogP contribution is -2.30. The number of carbonyl (C=O) groups excluding carboxylic acids is 2. The maximum Gasteiger partial charge on any atom is 0.251 e. The minimum Gasteiger partial charge on any atom is -0.356 e. The molecule has 0 spiro atoms. The van der Waals surface area contributed by atoms with Gasteiger partial charge in [-0.3, -0.25) is 9.59 Å². The average Bonchev–Trinajstić information content (AvgIpc) is 3.17. The molecule has 1 unspecified atom stereocenters. The summed E-state index contributed by atoms with van der Waals surface area (Å²) in [7, 11) is 0. The van der Waals surface area contributed by atoms with Gasteiger partial charge >= 0.3 is 0 Å². The number of aryl methyl sites for hydroxylation is 2. The number of amides is 2. The predicted octanol–water partition coefficient (Wildman–Crippen LogP) is 3.41. The molecule has 3 aromatic rings. The van der Waals surface area contributed by atoms with E-state index in [0.29, 0.717) is 12.4 Å². The molecule has 6 heteroatoms. The Labute approximate surface area is 169 Å². The van der Waals surface area contributed by atoms with Gasteiger partial charge < -0.3 is 10.6 Å². The zero-order chi connectivity index (χ0) is 20.4. The standard InChI is InChI=1S/C23H24N4O2/c1-15-8-10-18(11-9-15)21-16(2)26-27-19(23(29)25-22(21)27)14-20(28)24-13-12-17-6-4-3-5-7-17/h3-11,19H,12-14H2,1-2H3,(H,24,28)(H,25,29). The van der Waals surface area contributed by atoms with Crippen molar-refractivity contribution in [3.8, 4) is 11.1 Å². The van der Waals surface area contributed by atoms with E-state index in [-0.39, 0.29) is 18.2 Å². The minimum absolute atomic E-state index is 0.0715. The molecule has 1 aliphatic heterocycles. The highest BCUT2D eigenvalue weighted by atomic mass is 16.2. The van der Waals surface area contributed by atoms with Crippen molar-refractivity contribution < 1.29 is 9.59 Å². The highest BCUT2D eigenvalue weighted by Crippen LogP contribution is 2.38. The van der Waals surface area contributed by atoms with Crippen LogP contribution in [0.15, 0.2) is 54.6 Å². The van der Waals surface area contributed by atoms with Crippen molar-refractivity contribution in [1.82, 2.24) is 15.1 Å². The third-order valence-corrected chi connectivity index (χ3v) is 5.22. The summed E-state index contributed by atoms with van der Waals surface area (Å²) in [5, 5.41) is 10.4. The lowest BCUT2D eigenvalue weighted by Gasteiger charge is -2.10. The fourth-order valence-corrected chi connectivity index (χ4v) is 3.69. The number of hydrogen-bond donors (Lipinski definition) is 2. The van der Waals surface area contributed by atoms with Gasteiger partial charge in [0.15, 0.2) is 0 Å². The predicted molar refractivity (Wildman–Crippen MR) is 113 cm³/mol. The molecule has 1 aliphatic rings. The Hall–Kier alpha value is -3.41. The Morgan fingerprint density at radius 3 is 2.55 bits per heavy atom. The SMILES string of the molecule is Cc1ccc(-c2c(C)nn3c2NC(=O)C3CC(=O)NCCc2ccccc2)cc1. The Morgan fingerprint density at radius 2 is 1.83 bits per heavy atom. The normalized spacial score (nSPS) is 15.1. The summed E-state index contributed by atoms with van der Waals surface area (Å²) in [6, 6.07) is 17.5. The van der Waals surface area contributed by atoms with E-state index in [1.165, 1.54) is 11.1 Å². The van der Waals surface area contributed by atoms with Crippen LogP contribution >= 0.6 is 0 Å². The molecule has 2 heterocycles. The quantitative estimate of drug-likeness (QED) is 0.679. The average molecular weight is 388 g/mol. The number of nitrogens with one attached hydrogen (secondary N) is 2. The van der Waals surface area contributed by atoms with Crippen molar-refractivity contribution >= 4 is 17.6 Å².